The number of amides is 2. The quantitative estimate of drug-likeness (QED) is 0.655. The number of ether oxygens (including phenoxy) is 1. The predicted octanol–water partition coefficient (Wildman–Crippen LogP) is 2.41. The summed E-state index contributed by atoms with van der Waals surface area (Å²) >= 11 is 0. The lowest BCUT2D eigenvalue weighted by Gasteiger charge is -2.10. The van der Waals surface area contributed by atoms with E-state index in [0.717, 1.165) is 5.56 Å². The van der Waals surface area contributed by atoms with Gasteiger partial charge >= 0.3 is 0 Å². The Bertz CT molecular complexity index is 762. The van der Waals surface area contributed by atoms with Gasteiger partial charge in [0.15, 0.2) is 0 Å². The van der Waals surface area contributed by atoms with E-state index in [0.29, 0.717) is 23.5 Å². The number of nitrogens with zero attached hydrogens (tertiary/aromatic N) is 1. The first-order valence-electron chi connectivity index (χ1n) is 7.63. The zero-order chi connectivity index (χ0) is 16.9. The molecule has 0 aliphatic carbocycles. The lowest BCUT2D eigenvalue weighted by atomic mass is 10.1. The molecule has 1 N–H and O–H groups in total. The van der Waals surface area contributed by atoms with Gasteiger partial charge in [0.25, 0.3) is 11.8 Å². The van der Waals surface area contributed by atoms with Crippen LogP contribution in [0.4, 0.5) is 0 Å². The van der Waals surface area contributed by atoms with Gasteiger partial charge in [-0.2, -0.15) is 0 Å². The van der Waals surface area contributed by atoms with E-state index in [1.165, 1.54) is 4.90 Å². The molecular formula is C19H17NO4. The van der Waals surface area contributed by atoms with Gasteiger partial charge in [0.05, 0.1) is 17.7 Å². The number of hydrogen-bond acceptors (Lipinski definition) is 4. The molecule has 24 heavy (non-hydrogen) atoms. The average Bonchev–Trinajstić information content (AvgIpc) is 2.86. The number of benzene rings is 2. The number of aliphatic hydroxyl groups is 1. The molecule has 0 saturated carbocycles. The van der Waals surface area contributed by atoms with Gasteiger partial charge in [-0.1, -0.05) is 30.3 Å². The third-order valence-corrected chi connectivity index (χ3v) is 3.76. The highest BCUT2D eigenvalue weighted by molar-refractivity contribution is 6.21. The topological polar surface area (TPSA) is 66.8 Å². The third-order valence-electron chi connectivity index (χ3n) is 3.76. The van der Waals surface area contributed by atoms with Crippen LogP contribution in [-0.2, 0) is 6.61 Å². The van der Waals surface area contributed by atoms with E-state index in [1.54, 1.807) is 48.6 Å². The molecule has 2 aromatic carbocycles. The molecule has 0 atom stereocenters. The van der Waals surface area contributed by atoms with Crippen LogP contribution in [0.5, 0.6) is 5.75 Å². The summed E-state index contributed by atoms with van der Waals surface area (Å²) in [5.41, 5.74) is 1.68. The zero-order valence-electron chi connectivity index (χ0n) is 13.0. The average molecular weight is 323 g/mol. The van der Waals surface area contributed by atoms with Crippen molar-refractivity contribution in [2.24, 2.45) is 0 Å². The van der Waals surface area contributed by atoms with Gasteiger partial charge in [-0.3, -0.25) is 14.5 Å². The van der Waals surface area contributed by atoms with E-state index < -0.39 is 0 Å². The molecule has 0 unspecified atom stereocenters. The number of aliphatic hydroxyl groups excluding tert-OH is 1. The maximum atomic E-state index is 12.2. The van der Waals surface area contributed by atoms with Crippen molar-refractivity contribution in [1.82, 2.24) is 4.90 Å². The van der Waals surface area contributed by atoms with Gasteiger partial charge in [0.1, 0.15) is 12.4 Å². The minimum absolute atomic E-state index is 0.0349. The van der Waals surface area contributed by atoms with Crippen LogP contribution in [0.1, 0.15) is 26.3 Å². The second-order valence-electron chi connectivity index (χ2n) is 5.35. The van der Waals surface area contributed by atoms with Crippen LogP contribution in [0.25, 0.3) is 0 Å². The number of carbonyl (C=O) groups is 2. The van der Waals surface area contributed by atoms with E-state index in [-0.39, 0.29) is 25.0 Å². The molecule has 0 saturated heterocycles. The van der Waals surface area contributed by atoms with Crippen molar-refractivity contribution in [3.8, 4) is 5.75 Å². The molecule has 2 aromatic rings. The molecule has 0 aromatic heterocycles. The maximum absolute atomic E-state index is 12.2. The highest BCUT2D eigenvalue weighted by atomic mass is 16.5. The normalized spacial score (nSPS) is 13.6. The van der Waals surface area contributed by atoms with Crippen molar-refractivity contribution < 1.29 is 19.4 Å². The summed E-state index contributed by atoms with van der Waals surface area (Å²) in [6, 6.07) is 14.0. The minimum atomic E-state index is -0.267. The van der Waals surface area contributed by atoms with Crippen LogP contribution in [0, 0.1) is 0 Å². The Hall–Kier alpha value is -2.92. The Balaban J connectivity index is 1.54. The smallest absolute Gasteiger partial charge is 0.261 e. The van der Waals surface area contributed by atoms with Crippen molar-refractivity contribution in [3.05, 3.63) is 77.4 Å². The lowest BCUT2D eigenvalue weighted by molar-refractivity contribution is 0.0671. The fraction of sp³-hybridized carbons (Fsp3) is 0.158. The number of rotatable bonds is 6. The molecule has 0 fully saturated rings. The Morgan fingerprint density at radius 2 is 1.67 bits per heavy atom. The minimum Gasteiger partial charge on any atom is -0.490 e. The molecule has 1 aliphatic rings. The van der Waals surface area contributed by atoms with Gasteiger partial charge in [-0.25, -0.2) is 0 Å². The molecule has 0 spiro atoms. The van der Waals surface area contributed by atoms with Crippen LogP contribution in [0.2, 0.25) is 0 Å². The van der Waals surface area contributed by atoms with Crippen LogP contribution in [0.3, 0.4) is 0 Å². The Morgan fingerprint density at radius 1 is 0.958 bits per heavy atom. The largest absolute Gasteiger partial charge is 0.490 e. The number of hydrogen-bond donors (Lipinski definition) is 1. The summed E-state index contributed by atoms with van der Waals surface area (Å²) in [4.78, 5) is 25.6. The predicted molar refractivity (Wildman–Crippen MR) is 88.8 cm³/mol. The number of imide groups is 1. The summed E-state index contributed by atoms with van der Waals surface area (Å²) in [6.07, 6.45) is 3.49. The van der Waals surface area contributed by atoms with Gasteiger partial charge in [0.2, 0.25) is 0 Å². The van der Waals surface area contributed by atoms with Crippen molar-refractivity contribution in [1.29, 1.82) is 0 Å². The molecule has 1 heterocycles. The second kappa shape index (κ2) is 7.10. The molecule has 2 amide bonds. The summed E-state index contributed by atoms with van der Waals surface area (Å²) in [5, 5.41) is 9.08. The Labute approximate surface area is 139 Å². The van der Waals surface area contributed by atoms with Crippen molar-refractivity contribution >= 4 is 11.8 Å². The summed E-state index contributed by atoms with van der Waals surface area (Å²) in [7, 11) is 0. The van der Waals surface area contributed by atoms with Crippen molar-refractivity contribution in [2.45, 2.75) is 6.61 Å². The van der Waals surface area contributed by atoms with Gasteiger partial charge in [0, 0.05) is 6.54 Å². The first-order valence-corrected chi connectivity index (χ1v) is 7.63. The zero-order valence-corrected chi connectivity index (χ0v) is 13.0. The van der Waals surface area contributed by atoms with E-state index >= 15 is 0 Å². The maximum Gasteiger partial charge on any atom is 0.261 e. The van der Waals surface area contributed by atoms with E-state index in [1.807, 2.05) is 12.1 Å². The Morgan fingerprint density at radius 3 is 2.33 bits per heavy atom. The highest BCUT2D eigenvalue weighted by Gasteiger charge is 2.33. The number of carbonyl (C=O) groups excluding carboxylic acids is 2. The van der Waals surface area contributed by atoms with Gasteiger partial charge in [-0.05, 0) is 35.9 Å². The van der Waals surface area contributed by atoms with Crippen LogP contribution in [0.15, 0.2) is 60.7 Å². The Kier molecular flexibility index (Phi) is 4.72. The molecule has 1 aliphatic heterocycles. The van der Waals surface area contributed by atoms with Crippen molar-refractivity contribution in [3.63, 3.8) is 0 Å². The fourth-order valence-corrected chi connectivity index (χ4v) is 2.53. The summed E-state index contributed by atoms with van der Waals surface area (Å²) < 4.78 is 5.54. The SMILES string of the molecule is O=C1c2ccccc2C(=O)N1C/C=C\COc1cccc(CO)c1. The summed E-state index contributed by atoms with van der Waals surface area (Å²) in [5.74, 6) is 0.126. The van der Waals surface area contributed by atoms with E-state index in [4.69, 9.17) is 9.84 Å². The highest BCUT2D eigenvalue weighted by Crippen LogP contribution is 2.22. The van der Waals surface area contributed by atoms with Gasteiger partial charge in [-0.15, -0.1) is 0 Å². The van der Waals surface area contributed by atoms with Crippen LogP contribution < -0.4 is 4.74 Å². The lowest BCUT2D eigenvalue weighted by Crippen LogP contribution is -2.29. The van der Waals surface area contributed by atoms with Gasteiger partial charge < -0.3 is 9.84 Å². The second-order valence-corrected chi connectivity index (χ2v) is 5.35. The molecule has 5 nitrogen and oxygen atoms in total. The first kappa shape index (κ1) is 16.0. The van der Waals surface area contributed by atoms with Crippen LogP contribution in [-0.4, -0.2) is 35.0 Å². The molecule has 3 rings (SSSR count). The van der Waals surface area contributed by atoms with Crippen molar-refractivity contribution in [2.75, 3.05) is 13.2 Å². The number of fused-ring (bicyclic) bond motifs is 1. The molecule has 5 heteroatoms. The van der Waals surface area contributed by atoms with E-state index in [2.05, 4.69) is 0 Å². The third kappa shape index (κ3) is 3.21. The summed E-state index contributed by atoms with van der Waals surface area (Å²) in [6.45, 7) is 0.497. The standard InChI is InChI=1S/C19H17NO4/c21-13-14-6-5-7-15(12-14)24-11-4-3-10-20-18(22)16-8-1-2-9-17(16)19(20)23/h1-9,12,21H,10-11,13H2/b4-3-. The van der Waals surface area contributed by atoms with Crippen LogP contribution >= 0.6 is 0 Å². The molecule has 122 valence electrons. The molecule has 0 radical (unpaired) electrons. The monoisotopic (exact) mass is 323 g/mol. The fourth-order valence-electron chi connectivity index (χ4n) is 2.53. The molecular weight excluding hydrogens is 306 g/mol. The first-order chi connectivity index (χ1) is 11.7. The van der Waals surface area contributed by atoms with E-state index in [9.17, 15) is 9.59 Å². The molecule has 0 bridgehead atoms.